The van der Waals surface area contributed by atoms with Gasteiger partial charge < -0.3 is 4.74 Å². The Bertz CT molecular complexity index is 612. The minimum absolute atomic E-state index is 0.0276. The van der Waals surface area contributed by atoms with Gasteiger partial charge in [0.2, 0.25) is 0 Å². The van der Waals surface area contributed by atoms with Crippen molar-refractivity contribution >= 4 is 39.1 Å². The second-order valence-electron chi connectivity index (χ2n) is 4.05. The van der Waals surface area contributed by atoms with E-state index in [4.69, 9.17) is 27.9 Å². The monoisotopic (exact) mass is 380 g/mol. The van der Waals surface area contributed by atoms with Gasteiger partial charge in [-0.15, -0.1) is 11.6 Å². The SMILES string of the molecule is Fc1cc(CCl)cc(F)c1OCc1ccc(Br)cc1Cl. The van der Waals surface area contributed by atoms with Crippen molar-refractivity contribution in [3.05, 3.63) is 62.6 Å². The van der Waals surface area contributed by atoms with Crippen molar-refractivity contribution in [1.29, 1.82) is 0 Å². The van der Waals surface area contributed by atoms with Gasteiger partial charge in [0.15, 0.2) is 17.4 Å². The zero-order valence-corrected chi connectivity index (χ0v) is 13.2. The van der Waals surface area contributed by atoms with E-state index in [1.54, 1.807) is 18.2 Å². The Kier molecular flexibility index (Phi) is 5.24. The minimum Gasteiger partial charge on any atom is -0.483 e. The fraction of sp³-hybridized carbons (Fsp3) is 0.143. The highest BCUT2D eigenvalue weighted by Crippen LogP contribution is 2.27. The highest BCUT2D eigenvalue weighted by Gasteiger charge is 2.13. The van der Waals surface area contributed by atoms with E-state index in [1.807, 2.05) is 0 Å². The van der Waals surface area contributed by atoms with Crippen molar-refractivity contribution in [2.24, 2.45) is 0 Å². The van der Waals surface area contributed by atoms with E-state index in [0.717, 1.165) is 16.6 Å². The summed E-state index contributed by atoms with van der Waals surface area (Å²) in [5.41, 5.74) is 0.991. The second-order valence-corrected chi connectivity index (χ2v) is 5.64. The van der Waals surface area contributed by atoms with Gasteiger partial charge in [0.25, 0.3) is 0 Å². The van der Waals surface area contributed by atoms with E-state index in [1.165, 1.54) is 0 Å². The second kappa shape index (κ2) is 6.74. The van der Waals surface area contributed by atoms with Gasteiger partial charge in [-0.3, -0.25) is 0 Å². The Labute approximate surface area is 133 Å². The molecular weight excluding hydrogens is 373 g/mol. The van der Waals surface area contributed by atoms with Gasteiger partial charge in [-0.1, -0.05) is 33.6 Å². The van der Waals surface area contributed by atoms with Crippen molar-refractivity contribution < 1.29 is 13.5 Å². The smallest absolute Gasteiger partial charge is 0.191 e. The summed E-state index contributed by atoms with van der Waals surface area (Å²) in [7, 11) is 0. The van der Waals surface area contributed by atoms with Gasteiger partial charge in [0.1, 0.15) is 6.61 Å². The summed E-state index contributed by atoms with van der Waals surface area (Å²) >= 11 is 14.8. The fourth-order valence-electron chi connectivity index (χ4n) is 1.62. The zero-order valence-electron chi connectivity index (χ0n) is 10.1. The van der Waals surface area contributed by atoms with Crippen LogP contribution in [0.25, 0.3) is 0 Å². The molecule has 0 unspecified atom stereocenters. The van der Waals surface area contributed by atoms with Gasteiger partial charge >= 0.3 is 0 Å². The molecule has 0 heterocycles. The molecule has 20 heavy (non-hydrogen) atoms. The van der Waals surface area contributed by atoms with Gasteiger partial charge in [0.05, 0.1) is 0 Å². The van der Waals surface area contributed by atoms with Crippen molar-refractivity contribution in [2.45, 2.75) is 12.5 Å². The summed E-state index contributed by atoms with van der Waals surface area (Å²) in [5, 5.41) is 0.456. The van der Waals surface area contributed by atoms with E-state index in [9.17, 15) is 8.78 Å². The van der Waals surface area contributed by atoms with Gasteiger partial charge in [-0.05, 0) is 29.8 Å². The van der Waals surface area contributed by atoms with Crippen molar-refractivity contribution in [1.82, 2.24) is 0 Å². The van der Waals surface area contributed by atoms with E-state index in [-0.39, 0.29) is 12.5 Å². The van der Waals surface area contributed by atoms with Crippen molar-refractivity contribution in [3.63, 3.8) is 0 Å². The van der Waals surface area contributed by atoms with Crippen LogP contribution in [0.3, 0.4) is 0 Å². The Morgan fingerprint density at radius 3 is 2.30 bits per heavy atom. The third-order valence-corrected chi connectivity index (χ3v) is 3.75. The first-order valence-electron chi connectivity index (χ1n) is 5.62. The number of ether oxygens (including phenoxy) is 1. The lowest BCUT2D eigenvalue weighted by atomic mass is 10.2. The molecule has 0 amide bonds. The molecule has 0 aromatic heterocycles. The minimum atomic E-state index is -0.783. The summed E-state index contributed by atoms with van der Waals surface area (Å²) in [6.45, 7) is -0.0276. The molecule has 6 heteroatoms. The third kappa shape index (κ3) is 3.62. The molecule has 0 N–H and O–H groups in total. The maximum atomic E-state index is 13.7. The van der Waals surface area contributed by atoms with Crippen LogP contribution < -0.4 is 4.74 Å². The molecular formula is C14H9BrCl2F2O. The Balaban J connectivity index is 2.19. The number of hydrogen-bond acceptors (Lipinski definition) is 1. The van der Waals surface area contributed by atoms with E-state index in [0.29, 0.717) is 16.1 Å². The summed E-state index contributed by atoms with van der Waals surface area (Å²) < 4.78 is 33.4. The van der Waals surface area contributed by atoms with Crippen LogP contribution in [-0.2, 0) is 12.5 Å². The number of benzene rings is 2. The molecule has 0 aliphatic heterocycles. The third-order valence-electron chi connectivity index (χ3n) is 2.60. The molecule has 0 spiro atoms. The van der Waals surface area contributed by atoms with Crippen molar-refractivity contribution in [2.75, 3.05) is 0 Å². The largest absolute Gasteiger partial charge is 0.483 e. The average molecular weight is 382 g/mol. The van der Waals surface area contributed by atoms with Crippen LogP contribution in [-0.4, -0.2) is 0 Å². The molecule has 2 aromatic rings. The summed E-state index contributed by atoms with van der Waals surface area (Å²) in [4.78, 5) is 0. The van der Waals surface area contributed by atoms with Gasteiger partial charge in [0, 0.05) is 20.9 Å². The molecule has 0 aliphatic rings. The Hall–Kier alpha value is -0.840. The van der Waals surface area contributed by atoms with E-state index >= 15 is 0 Å². The first-order chi connectivity index (χ1) is 9.51. The lowest BCUT2D eigenvalue weighted by Gasteiger charge is -2.10. The standard InChI is InChI=1S/C14H9BrCl2F2O/c15-10-2-1-9(11(17)5-10)7-20-14-12(18)3-8(6-16)4-13(14)19/h1-5H,6-7H2. The van der Waals surface area contributed by atoms with Crippen LogP contribution in [0.15, 0.2) is 34.8 Å². The first kappa shape index (κ1) is 15.5. The molecule has 106 valence electrons. The Morgan fingerprint density at radius 1 is 1.10 bits per heavy atom. The first-order valence-corrected chi connectivity index (χ1v) is 7.32. The van der Waals surface area contributed by atoms with Crippen LogP contribution >= 0.6 is 39.1 Å². The van der Waals surface area contributed by atoms with E-state index in [2.05, 4.69) is 15.9 Å². The van der Waals surface area contributed by atoms with Crippen LogP contribution in [0.1, 0.15) is 11.1 Å². The van der Waals surface area contributed by atoms with Crippen LogP contribution in [0.4, 0.5) is 8.78 Å². The predicted molar refractivity (Wildman–Crippen MR) is 79.4 cm³/mol. The summed E-state index contributed by atoms with van der Waals surface area (Å²) in [6.07, 6.45) is 0. The molecule has 0 fully saturated rings. The molecule has 0 aliphatic carbocycles. The van der Waals surface area contributed by atoms with Crippen LogP contribution in [0.5, 0.6) is 5.75 Å². The number of hydrogen-bond donors (Lipinski definition) is 0. The van der Waals surface area contributed by atoms with Crippen molar-refractivity contribution in [3.8, 4) is 5.75 Å². The molecule has 0 bridgehead atoms. The molecule has 0 saturated heterocycles. The maximum absolute atomic E-state index is 13.7. The molecule has 0 atom stereocenters. The van der Waals surface area contributed by atoms with Crippen LogP contribution in [0, 0.1) is 11.6 Å². The van der Waals surface area contributed by atoms with Gasteiger partial charge in [-0.2, -0.15) is 0 Å². The van der Waals surface area contributed by atoms with Gasteiger partial charge in [-0.25, -0.2) is 8.78 Å². The normalized spacial score (nSPS) is 10.7. The highest BCUT2D eigenvalue weighted by molar-refractivity contribution is 9.10. The maximum Gasteiger partial charge on any atom is 0.191 e. The summed E-state index contributed by atoms with van der Waals surface area (Å²) in [5.74, 6) is -1.97. The number of rotatable bonds is 4. The lowest BCUT2D eigenvalue weighted by molar-refractivity contribution is 0.274. The molecule has 1 nitrogen and oxygen atoms in total. The molecule has 2 aromatic carbocycles. The fourth-order valence-corrected chi connectivity index (χ4v) is 2.50. The summed E-state index contributed by atoms with van der Waals surface area (Å²) in [6, 6.07) is 7.47. The molecule has 0 radical (unpaired) electrons. The van der Waals surface area contributed by atoms with Crippen LogP contribution in [0.2, 0.25) is 5.02 Å². The predicted octanol–water partition coefficient (Wildman–Crippen LogP) is 5.70. The Morgan fingerprint density at radius 2 is 1.75 bits per heavy atom. The highest BCUT2D eigenvalue weighted by atomic mass is 79.9. The number of halogens is 5. The quantitative estimate of drug-likeness (QED) is 0.617. The molecule has 0 saturated carbocycles. The zero-order chi connectivity index (χ0) is 14.7. The number of alkyl halides is 1. The lowest BCUT2D eigenvalue weighted by Crippen LogP contribution is -2.01. The topological polar surface area (TPSA) is 9.23 Å². The average Bonchev–Trinajstić information content (AvgIpc) is 2.39. The molecule has 2 rings (SSSR count). The van der Waals surface area contributed by atoms with E-state index < -0.39 is 17.4 Å².